The van der Waals surface area contributed by atoms with Crippen LogP contribution in [-0.2, 0) is 0 Å². The second-order valence-corrected chi connectivity index (χ2v) is 8.47. The van der Waals surface area contributed by atoms with Crippen LogP contribution in [0.1, 0.15) is 32.0 Å². The van der Waals surface area contributed by atoms with Crippen LogP contribution in [-0.4, -0.2) is 44.7 Å². The Kier molecular flexibility index (Phi) is 4.55. The van der Waals surface area contributed by atoms with Gasteiger partial charge in [0.25, 0.3) is 0 Å². The molecule has 1 heterocycles. The van der Waals surface area contributed by atoms with Crippen molar-refractivity contribution in [3.63, 3.8) is 0 Å². The number of pyridine rings is 1. The maximum atomic E-state index is 13.5. The number of benzene rings is 3. The molecule has 0 radical (unpaired) electrons. The van der Waals surface area contributed by atoms with Gasteiger partial charge in [-0.2, -0.15) is 0 Å². The molecule has 5 nitrogen and oxygen atoms in total. The third-order valence-corrected chi connectivity index (χ3v) is 6.07. The zero-order chi connectivity index (χ0) is 22.6. The molecule has 3 aromatic carbocycles. The molecule has 1 aromatic heterocycles. The number of carbonyl (C=O) groups is 2. The summed E-state index contributed by atoms with van der Waals surface area (Å²) in [5, 5.41) is 1.73. The molecular formula is C27H23N3O2. The summed E-state index contributed by atoms with van der Waals surface area (Å²) < 4.78 is 0. The fourth-order valence-corrected chi connectivity index (χ4v) is 4.32. The number of hydrogen-bond acceptors (Lipinski definition) is 5. The average Bonchev–Trinajstić information content (AvgIpc) is 2.81. The molecule has 0 amide bonds. The summed E-state index contributed by atoms with van der Waals surface area (Å²) in [6.07, 6.45) is 1.56. The minimum absolute atomic E-state index is 0.155. The van der Waals surface area contributed by atoms with Crippen LogP contribution in [0.25, 0.3) is 21.9 Å². The molecule has 4 aromatic rings. The zero-order valence-corrected chi connectivity index (χ0v) is 18.5. The van der Waals surface area contributed by atoms with Crippen molar-refractivity contribution in [3.05, 3.63) is 89.2 Å². The lowest BCUT2D eigenvalue weighted by Crippen LogP contribution is -2.23. The Morgan fingerprint density at radius 1 is 0.656 bits per heavy atom. The lowest BCUT2D eigenvalue weighted by atomic mass is 9.81. The molecule has 0 atom stereocenters. The van der Waals surface area contributed by atoms with Crippen molar-refractivity contribution in [2.45, 2.75) is 0 Å². The van der Waals surface area contributed by atoms with E-state index in [2.05, 4.69) is 29.2 Å². The summed E-state index contributed by atoms with van der Waals surface area (Å²) >= 11 is 0. The Bertz CT molecular complexity index is 1400. The van der Waals surface area contributed by atoms with E-state index in [1.807, 2.05) is 62.3 Å². The molecule has 0 bridgehead atoms. The molecule has 0 spiro atoms. The number of anilines is 2. The summed E-state index contributed by atoms with van der Waals surface area (Å²) in [5.74, 6) is -0.364. The molecule has 0 N–H and O–H groups in total. The van der Waals surface area contributed by atoms with Gasteiger partial charge in [-0.05, 0) is 64.4 Å². The second kappa shape index (κ2) is 7.31. The normalized spacial score (nSPS) is 12.5. The molecule has 1 aliphatic rings. The number of aromatic nitrogens is 1. The van der Waals surface area contributed by atoms with Crippen LogP contribution in [0, 0.1) is 0 Å². The number of nitrogens with zero attached hydrogens (tertiary/aromatic N) is 3. The summed E-state index contributed by atoms with van der Waals surface area (Å²) in [7, 11) is 7.93. The van der Waals surface area contributed by atoms with Gasteiger partial charge in [0.05, 0.1) is 5.56 Å². The van der Waals surface area contributed by atoms with Crippen LogP contribution < -0.4 is 9.80 Å². The van der Waals surface area contributed by atoms with Gasteiger partial charge in [0.2, 0.25) is 5.78 Å². The third kappa shape index (κ3) is 2.97. The smallest absolute Gasteiger partial charge is 0.212 e. The second-order valence-electron chi connectivity index (χ2n) is 8.47. The van der Waals surface area contributed by atoms with Crippen LogP contribution in [0.15, 0.2) is 66.9 Å². The van der Waals surface area contributed by atoms with Crippen molar-refractivity contribution < 1.29 is 9.59 Å². The Hall–Kier alpha value is -3.99. The number of ketones is 2. The van der Waals surface area contributed by atoms with Gasteiger partial charge in [0, 0.05) is 56.9 Å². The average molecular weight is 422 g/mol. The monoisotopic (exact) mass is 421 g/mol. The van der Waals surface area contributed by atoms with Crippen molar-refractivity contribution in [1.82, 2.24) is 4.98 Å². The van der Waals surface area contributed by atoms with Crippen LogP contribution in [0.5, 0.6) is 0 Å². The fourth-order valence-electron chi connectivity index (χ4n) is 4.32. The largest absolute Gasteiger partial charge is 0.378 e. The molecule has 0 saturated heterocycles. The van der Waals surface area contributed by atoms with Crippen molar-refractivity contribution in [2.75, 3.05) is 38.0 Å². The van der Waals surface area contributed by atoms with E-state index in [0.717, 1.165) is 33.3 Å². The SMILES string of the molecule is CN(C)c1ccc(-c2cc3c(c4cc(N(C)C)ccc24)C(=O)c2cccnc2C3=O)cc1. The molecule has 0 fully saturated rings. The van der Waals surface area contributed by atoms with E-state index in [1.54, 1.807) is 18.3 Å². The Balaban J connectivity index is 1.84. The summed E-state index contributed by atoms with van der Waals surface area (Å²) in [4.78, 5) is 35.2. The van der Waals surface area contributed by atoms with Gasteiger partial charge in [-0.1, -0.05) is 18.2 Å². The van der Waals surface area contributed by atoms with Crippen LogP contribution >= 0.6 is 0 Å². The molecular weight excluding hydrogens is 398 g/mol. The van der Waals surface area contributed by atoms with Crippen molar-refractivity contribution >= 4 is 33.7 Å². The number of rotatable bonds is 3. The lowest BCUT2D eigenvalue weighted by molar-refractivity contribution is 0.0976. The summed E-state index contributed by atoms with van der Waals surface area (Å²) in [6.45, 7) is 0. The van der Waals surface area contributed by atoms with Gasteiger partial charge in [-0.3, -0.25) is 14.6 Å². The molecule has 0 unspecified atom stereocenters. The van der Waals surface area contributed by atoms with E-state index in [0.29, 0.717) is 16.7 Å². The van der Waals surface area contributed by atoms with Crippen LogP contribution in [0.3, 0.4) is 0 Å². The highest BCUT2D eigenvalue weighted by Gasteiger charge is 2.33. The number of carbonyl (C=O) groups excluding carboxylic acids is 2. The standard InChI is InChI=1S/C27H23N3O2/c1-29(2)17-9-7-16(8-10-17)21-15-23-24(22-14-18(30(3)4)11-12-19(21)22)26(31)20-6-5-13-28-25(20)27(23)32/h5-15H,1-4H3. The maximum absolute atomic E-state index is 13.5. The first-order valence-corrected chi connectivity index (χ1v) is 10.5. The predicted molar refractivity (Wildman–Crippen MR) is 129 cm³/mol. The first-order chi connectivity index (χ1) is 15.4. The maximum Gasteiger partial charge on any atom is 0.212 e. The van der Waals surface area contributed by atoms with Crippen molar-refractivity contribution in [1.29, 1.82) is 0 Å². The molecule has 0 aliphatic heterocycles. The summed E-state index contributed by atoms with van der Waals surface area (Å²) in [6, 6.07) is 19.5. The van der Waals surface area contributed by atoms with Crippen molar-refractivity contribution in [3.8, 4) is 11.1 Å². The van der Waals surface area contributed by atoms with E-state index in [-0.39, 0.29) is 17.3 Å². The first kappa shape index (κ1) is 19.9. The van der Waals surface area contributed by atoms with E-state index in [9.17, 15) is 9.59 Å². The third-order valence-electron chi connectivity index (χ3n) is 6.07. The van der Waals surface area contributed by atoms with E-state index in [4.69, 9.17) is 0 Å². The molecule has 158 valence electrons. The van der Waals surface area contributed by atoms with Gasteiger partial charge in [0.1, 0.15) is 5.69 Å². The predicted octanol–water partition coefficient (Wildman–Crippen LogP) is 4.81. The molecule has 5 rings (SSSR count). The molecule has 0 saturated carbocycles. The van der Waals surface area contributed by atoms with E-state index >= 15 is 0 Å². The highest BCUT2D eigenvalue weighted by Crippen LogP contribution is 2.39. The van der Waals surface area contributed by atoms with Gasteiger partial charge in [0.15, 0.2) is 5.78 Å². The van der Waals surface area contributed by atoms with Gasteiger partial charge < -0.3 is 9.80 Å². The molecule has 1 aliphatic carbocycles. The van der Waals surface area contributed by atoms with Gasteiger partial charge >= 0.3 is 0 Å². The molecule has 5 heteroatoms. The minimum Gasteiger partial charge on any atom is -0.378 e. The van der Waals surface area contributed by atoms with E-state index in [1.165, 1.54) is 0 Å². The van der Waals surface area contributed by atoms with Gasteiger partial charge in [-0.15, -0.1) is 0 Å². The quantitative estimate of drug-likeness (QED) is 0.419. The zero-order valence-electron chi connectivity index (χ0n) is 18.5. The first-order valence-electron chi connectivity index (χ1n) is 10.5. The Morgan fingerprint density at radius 2 is 1.34 bits per heavy atom. The topological polar surface area (TPSA) is 53.5 Å². The Morgan fingerprint density at radius 3 is 2.03 bits per heavy atom. The number of hydrogen-bond donors (Lipinski definition) is 0. The minimum atomic E-state index is -0.210. The van der Waals surface area contributed by atoms with E-state index < -0.39 is 0 Å². The van der Waals surface area contributed by atoms with Crippen LogP contribution in [0.4, 0.5) is 11.4 Å². The molecule has 32 heavy (non-hydrogen) atoms. The lowest BCUT2D eigenvalue weighted by Gasteiger charge is -2.22. The summed E-state index contributed by atoms with van der Waals surface area (Å²) in [5.41, 5.74) is 5.45. The Labute approximate surface area is 186 Å². The highest BCUT2D eigenvalue weighted by atomic mass is 16.1. The van der Waals surface area contributed by atoms with Crippen LogP contribution in [0.2, 0.25) is 0 Å². The highest BCUT2D eigenvalue weighted by molar-refractivity contribution is 6.32. The van der Waals surface area contributed by atoms with Crippen molar-refractivity contribution in [2.24, 2.45) is 0 Å². The fraction of sp³-hybridized carbons (Fsp3) is 0.148. The number of fused-ring (bicyclic) bond motifs is 4. The van der Waals surface area contributed by atoms with Gasteiger partial charge in [-0.25, -0.2) is 0 Å².